The molecule has 2 N–H and O–H groups in total. The van der Waals surface area contributed by atoms with Crippen molar-refractivity contribution < 1.29 is 5.11 Å². The summed E-state index contributed by atoms with van der Waals surface area (Å²) >= 11 is 0. The quantitative estimate of drug-likeness (QED) is 0.329. The van der Waals surface area contributed by atoms with E-state index in [4.69, 9.17) is 0 Å². The third kappa shape index (κ3) is 4.88. The first kappa shape index (κ1) is 27.5. The summed E-state index contributed by atoms with van der Waals surface area (Å²) in [6, 6.07) is 11.0. The van der Waals surface area contributed by atoms with Crippen molar-refractivity contribution in [2.24, 2.45) is 7.05 Å². The van der Waals surface area contributed by atoms with Crippen LogP contribution in [0.4, 0.5) is 11.5 Å². The van der Waals surface area contributed by atoms with Crippen molar-refractivity contribution >= 4 is 22.3 Å². The van der Waals surface area contributed by atoms with Gasteiger partial charge in [-0.15, -0.1) is 0 Å². The number of aromatic nitrogens is 7. The molecule has 0 saturated carbocycles. The Balaban J connectivity index is 1.42. The second-order valence-corrected chi connectivity index (χ2v) is 11.7. The van der Waals surface area contributed by atoms with E-state index >= 15 is 0 Å². The molecular formula is C30H33N9O3. The molecule has 216 valence electrons. The Bertz CT molecular complexity index is 1950. The number of aliphatic hydroxyl groups excluding tert-OH is 1. The van der Waals surface area contributed by atoms with Crippen molar-refractivity contribution in [1.82, 2.24) is 39.2 Å². The summed E-state index contributed by atoms with van der Waals surface area (Å²) in [4.78, 5) is 33.2. The molecule has 5 aromatic rings. The predicted octanol–water partition coefficient (Wildman–Crippen LogP) is 2.72. The Morgan fingerprint density at radius 2 is 1.81 bits per heavy atom. The Kier molecular flexibility index (Phi) is 6.74. The van der Waals surface area contributed by atoms with Gasteiger partial charge in [0.25, 0.3) is 11.1 Å². The Morgan fingerprint density at radius 3 is 2.57 bits per heavy atom. The zero-order valence-electron chi connectivity index (χ0n) is 24.3. The minimum atomic E-state index is -0.428. The number of anilines is 2. The normalized spacial score (nSPS) is 13.9. The standard InChI is InChI=1S/C30H33N9O3/c1-30(2,3)19-6-7-21-18(12-19)15-32-39(28(21)41)27-23(17-40)22(8-9-31-27)24-14-25(29(42)37(5)34-24)33-26-13-20-16-36(4)10-11-38(20)35-26/h6-9,12-15,40H,10-11,16-17H2,1-5H3,(H,33,35). The Morgan fingerprint density at radius 1 is 1.00 bits per heavy atom. The van der Waals surface area contributed by atoms with Crippen molar-refractivity contribution in [1.29, 1.82) is 0 Å². The summed E-state index contributed by atoms with van der Waals surface area (Å²) in [5.74, 6) is 0.756. The molecule has 0 bridgehead atoms. The molecule has 6 rings (SSSR count). The van der Waals surface area contributed by atoms with Crippen LogP contribution in [0.1, 0.15) is 37.6 Å². The molecule has 0 unspecified atom stereocenters. The molecular weight excluding hydrogens is 534 g/mol. The van der Waals surface area contributed by atoms with Gasteiger partial charge in [-0.25, -0.2) is 9.67 Å². The summed E-state index contributed by atoms with van der Waals surface area (Å²) in [6.07, 6.45) is 3.17. The van der Waals surface area contributed by atoms with E-state index in [1.807, 2.05) is 22.9 Å². The maximum Gasteiger partial charge on any atom is 0.290 e. The fourth-order valence-corrected chi connectivity index (χ4v) is 5.25. The summed E-state index contributed by atoms with van der Waals surface area (Å²) in [6.45, 7) is 8.35. The number of hydrogen-bond acceptors (Lipinski definition) is 9. The van der Waals surface area contributed by atoms with Crippen molar-refractivity contribution in [2.75, 3.05) is 18.9 Å². The molecule has 1 aromatic carbocycles. The molecule has 0 atom stereocenters. The van der Waals surface area contributed by atoms with Crippen LogP contribution in [0.5, 0.6) is 0 Å². The number of hydrogen-bond donors (Lipinski definition) is 2. The maximum atomic E-state index is 13.6. The highest BCUT2D eigenvalue weighted by Gasteiger charge is 2.21. The van der Waals surface area contributed by atoms with Gasteiger partial charge in [-0.3, -0.25) is 19.2 Å². The second kappa shape index (κ2) is 10.3. The number of pyridine rings is 1. The van der Waals surface area contributed by atoms with E-state index < -0.39 is 6.61 Å². The van der Waals surface area contributed by atoms with Gasteiger partial charge >= 0.3 is 0 Å². The molecule has 0 spiro atoms. The van der Waals surface area contributed by atoms with Crippen LogP contribution in [0.2, 0.25) is 0 Å². The van der Waals surface area contributed by atoms with E-state index in [-0.39, 0.29) is 28.0 Å². The van der Waals surface area contributed by atoms with Crippen LogP contribution >= 0.6 is 0 Å². The van der Waals surface area contributed by atoms with E-state index in [2.05, 4.69) is 58.3 Å². The van der Waals surface area contributed by atoms with E-state index in [0.29, 0.717) is 28.0 Å². The van der Waals surface area contributed by atoms with E-state index in [1.54, 1.807) is 31.4 Å². The zero-order valence-corrected chi connectivity index (χ0v) is 24.3. The fraction of sp³-hybridized carbons (Fsp3) is 0.333. The number of fused-ring (bicyclic) bond motifs is 2. The molecule has 0 aliphatic carbocycles. The molecule has 1 aliphatic heterocycles. The van der Waals surface area contributed by atoms with Gasteiger partial charge in [-0.1, -0.05) is 26.8 Å². The third-order valence-electron chi connectivity index (χ3n) is 7.64. The minimum Gasteiger partial charge on any atom is -0.392 e. The molecule has 5 heterocycles. The zero-order chi connectivity index (χ0) is 29.8. The molecule has 0 radical (unpaired) electrons. The highest BCUT2D eigenvalue weighted by atomic mass is 16.3. The van der Waals surface area contributed by atoms with Gasteiger partial charge in [0.15, 0.2) is 11.6 Å². The summed E-state index contributed by atoms with van der Waals surface area (Å²) in [5.41, 5.74) is 2.97. The van der Waals surface area contributed by atoms with Crippen LogP contribution in [0.3, 0.4) is 0 Å². The van der Waals surface area contributed by atoms with Gasteiger partial charge in [0, 0.05) is 48.9 Å². The van der Waals surface area contributed by atoms with Crippen molar-refractivity contribution in [2.45, 2.75) is 45.9 Å². The number of rotatable bonds is 5. The van der Waals surface area contributed by atoms with E-state index in [9.17, 15) is 14.7 Å². The van der Waals surface area contributed by atoms with Crippen LogP contribution in [-0.2, 0) is 32.2 Å². The summed E-state index contributed by atoms with van der Waals surface area (Å²) in [7, 11) is 3.62. The highest BCUT2D eigenvalue weighted by molar-refractivity contribution is 5.82. The molecule has 12 heteroatoms. The average Bonchev–Trinajstić information content (AvgIpc) is 3.36. The number of benzene rings is 1. The maximum absolute atomic E-state index is 13.6. The first-order chi connectivity index (χ1) is 20.0. The van der Waals surface area contributed by atoms with E-state index in [1.165, 1.54) is 15.6 Å². The lowest BCUT2D eigenvalue weighted by molar-refractivity contribution is 0.259. The third-order valence-corrected chi connectivity index (χ3v) is 7.64. The van der Waals surface area contributed by atoms with Gasteiger partial charge < -0.3 is 10.4 Å². The first-order valence-electron chi connectivity index (χ1n) is 13.8. The van der Waals surface area contributed by atoms with Crippen molar-refractivity contribution in [3.05, 3.63) is 86.3 Å². The first-order valence-corrected chi connectivity index (χ1v) is 13.8. The molecule has 0 saturated heterocycles. The summed E-state index contributed by atoms with van der Waals surface area (Å²) < 4.78 is 4.37. The second-order valence-electron chi connectivity index (χ2n) is 11.7. The lowest BCUT2D eigenvalue weighted by atomic mass is 9.86. The van der Waals surface area contributed by atoms with Gasteiger partial charge in [0.2, 0.25) is 0 Å². The molecule has 0 fully saturated rings. The number of nitrogens with zero attached hydrogens (tertiary/aromatic N) is 8. The number of likely N-dealkylation sites (N-methyl/N-ethyl adjacent to an activating group) is 1. The van der Waals surface area contributed by atoms with Gasteiger partial charge in [0.05, 0.1) is 36.1 Å². The molecule has 4 aromatic heterocycles. The average molecular weight is 568 g/mol. The SMILES string of the molecule is CN1CCn2nc(Nc3cc(-c4ccnc(-n5ncc6cc(C(C)(C)C)ccc6c5=O)c4CO)nn(C)c3=O)cc2C1. The molecule has 1 aliphatic rings. The largest absolute Gasteiger partial charge is 0.392 e. The predicted molar refractivity (Wildman–Crippen MR) is 160 cm³/mol. The highest BCUT2D eigenvalue weighted by Crippen LogP contribution is 2.28. The fourth-order valence-electron chi connectivity index (χ4n) is 5.25. The molecule has 12 nitrogen and oxygen atoms in total. The number of nitrogens with one attached hydrogen (secondary N) is 1. The number of aryl methyl sites for hydroxylation is 1. The summed E-state index contributed by atoms with van der Waals surface area (Å²) in [5, 5.41) is 28.3. The van der Waals surface area contributed by atoms with Crippen LogP contribution < -0.4 is 16.4 Å². The van der Waals surface area contributed by atoms with Crippen LogP contribution in [0, 0.1) is 0 Å². The molecule has 42 heavy (non-hydrogen) atoms. The van der Waals surface area contributed by atoms with Gasteiger partial charge in [-0.2, -0.15) is 20.0 Å². The van der Waals surface area contributed by atoms with E-state index in [0.717, 1.165) is 36.3 Å². The number of aliphatic hydroxyl groups is 1. The lowest BCUT2D eigenvalue weighted by Gasteiger charge is -2.22. The van der Waals surface area contributed by atoms with Gasteiger partial charge in [0.1, 0.15) is 5.69 Å². The van der Waals surface area contributed by atoms with Crippen LogP contribution in [0.25, 0.3) is 27.8 Å². The van der Waals surface area contributed by atoms with Crippen molar-refractivity contribution in [3.63, 3.8) is 0 Å². The smallest absolute Gasteiger partial charge is 0.290 e. The van der Waals surface area contributed by atoms with Crippen LogP contribution in [0.15, 0.2) is 58.4 Å². The Labute approximate surface area is 241 Å². The molecule has 0 amide bonds. The Hall–Kier alpha value is -4.68. The monoisotopic (exact) mass is 567 g/mol. The minimum absolute atomic E-state index is 0.0761. The van der Waals surface area contributed by atoms with Crippen molar-refractivity contribution in [3.8, 4) is 17.1 Å². The lowest BCUT2D eigenvalue weighted by Crippen LogP contribution is -2.30. The topological polar surface area (TPSA) is 136 Å². The van der Waals surface area contributed by atoms with Crippen LogP contribution in [-0.4, -0.2) is 57.9 Å². The van der Waals surface area contributed by atoms with Gasteiger partial charge in [-0.05, 0) is 42.3 Å².